The van der Waals surface area contributed by atoms with Crippen LogP contribution in [0.1, 0.15) is 52.9 Å². The van der Waals surface area contributed by atoms with Crippen LogP contribution < -0.4 is 5.73 Å². The number of ether oxygens (including phenoxy) is 1. The molecule has 0 aliphatic heterocycles. The Bertz CT molecular complexity index is 245. The van der Waals surface area contributed by atoms with E-state index < -0.39 is 0 Å². The minimum Gasteiger partial charge on any atom is -0.465 e. The van der Waals surface area contributed by atoms with Gasteiger partial charge in [0.15, 0.2) is 0 Å². The summed E-state index contributed by atoms with van der Waals surface area (Å²) in [7, 11) is 0. The first kappa shape index (κ1) is 14.5. The van der Waals surface area contributed by atoms with Crippen molar-refractivity contribution in [3.8, 4) is 0 Å². The molecule has 2 unspecified atom stereocenters. The number of nitrogens with two attached hydrogens (primary N) is 1. The molecule has 0 amide bonds. The van der Waals surface area contributed by atoms with Gasteiger partial charge in [-0.15, -0.1) is 0 Å². The first-order chi connectivity index (χ1) is 7.94. The highest BCUT2D eigenvalue weighted by atomic mass is 16.5. The van der Waals surface area contributed by atoms with Gasteiger partial charge in [0, 0.05) is 0 Å². The van der Waals surface area contributed by atoms with Crippen LogP contribution in [-0.2, 0) is 9.53 Å². The molecule has 0 saturated heterocycles. The van der Waals surface area contributed by atoms with Crippen molar-refractivity contribution in [3.05, 3.63) is 0 Å². The predicted molar refractivity (Wildman–Crippen MR) is 69.5 cm³/mol. The van der Waals surface area contributed by atoms with E-state index in [4.69, 9.17) is 10.5 Å². The van der Waals surface area contributed by atoms with Crippen molar-refractivity contribution in [1.82, 2.24) is 0 Å². The van der Waals surface area contributed by atoms with Gasteiger partial charge in [-0.25, -0.2) is 0 Å². The standard InChI is InChI=1S/C14H27NO2/c1-14(2,3)8-9-17-13(16)12-7-5-4-6-11(12)10-15/h11-12H,4-10,15H2,1-3H3. The molecule has 0 radical (unpaired) electrons. The predicted octanol–water partition coefficient (Wildman–Crippen LogP) is 2.73. The third-order valence-corrected chi connectivity index (χ3v) is 3.61. The summed E-state index contributed by atoms with van der Waals surface area (Å²) in [6.45, 7) is 7.62. The van der Waals surface area contributed by atoms with Crippen molar-refractivity contribution in [2.75, 3.05) is 13.2 Å². The molecule has 0 bridgehead atoms. The van der Waals surface area contributed by atoms with E-state index in [1.807, 2.05) is 0 Å². The number of carbonyl (C=O) groups is 1. The Morgan fingerprint density at radius 2 is 1.94 bits per heavy atom. The quantitative estimate of drug-likeness (QED) is 0.770. The van der Waals surface area contributed by atoms with Gasteiger partial charge >= 0.3 is 5.97 Å². The maximum Gasteiger partial charge on any atom is 0.309 e. The fraction of sp³-hybridized carbons (Fsp3) is 0.929. The molecule has 100 valence electrons. The Morgan fingerprint density at radius 1 is 1.29 bits per heavy atom. The molecular formula is C14H27NO2. The number of esters is 1. The Hall–Kier alpha value is -0.570. The van der Waals surface area contributed by atoms with Gasteiger partial charge in [0.05, 0.1) is 12.5 Å². The molecule has 2 atom stereocenters. The molecule has 1 aliphatic rings. The first-order valence-corrected chi connectivity index (χ1v) is 6.81. The van der Waals surface area contributed by atoms with Crippen LogP contribution in [0.15, 0.2) is 0 Å². The Morgan fingerprint density at radius 3 is 2.53 bits per heavy atom. The van der Waals surface area contributed by atoms with Crippen molar-refractivity contribution in [1.29, 1.82) is 0 Å². The highest BCUT2D eigenvalue weighted by Gasteiger charge is 2.31. The summed E-state index contributed by atoms with van der Waals surface area (Å²) in [5, 5.41) is 0. The average Bonchev–Trinajstić information content (AvgIpc) is 2.27. The van der Waals surface area contributed by atoms with Crippen molar-refractivity contribution >= 4 is 5.97 Å². The van der Waals surface area contributed by atoms with Crippen LogP contribution in [0.3, 0.4) is 0 Å². The van der Waals surface area contributed by atoms with Crippen LogP contribution >= 0.6 is 0 Å². The lowest BCUT2D eigenvalue weighted by atomic mass is 9.79. The molecule has 1 fully saturated rings. The maximum atomic E-state index is 12.0. The van der Waals surface area contributed by atoms with Crippen molar-refractivity contribution in [2.24, 2.45) is 23.0 Å². The molecule has 0 aromatic heterocycles. The maximum absolute atomic E-state index is 12.0. The zero-order valence-corrected chi connectivity index (χ0v) is 11.5. The lowest BCUT2D eigenvalue weighted by Crippen LogP contribution is -2.33. The molecule has 1 rings (SSSR count). The second-order valence-electron chi connectivity index (χ2n) is 6.36. The summed E-state index contributed by atoms with van der Waals surface area (Å²) >= 11 is 0. The van der Waals surface area contributed by atoms with Crippen LogP contribution in [0.25, 0.3) is 0 Å². The molecule has 0 spiro atoms. The van der Waals surface area contributed by atoms with Gasteiger partial charge in [-0.05, 0) is 37.1 Å². The van der Waals surface area contributed by atoms with Gasteiger partial charge in [0.2, 0.25) is 0 Å². The molecular weight excluding hydrogens is 214 g/mol. The molecule has 1 aliphatic carbocycles. The van der Waals surface area contributed by atoms with E-state index in [1.54, 1.807) is 0 Å². The normalized spacial score (nSPS) is 25.6. The molecule has 0 aromatic rings. The molecule has 0 heterocycles. The molecule has 1 saturated carbocycles. The van der Waals surface area contributed by atoms with E-state index in [0.29, 0.717) is 19.1 Å². The minimum atomic E-state index is -0.0237. The van der Waals surface area contributed by atoms with E-state index in [0.717, 1.165) is 25.7 Å². The van der Waals surface area contributed by atoms with Crippen LogP contribution in [0.2, 0.25) is 0 Å². The second-order valence-corrected chi connectivity index (χ2v) is 6.36. The van der Waals surface area contributed by atoms with Crippen LogP contribution in [0, 0.1) is 17.3 Å². The molecule has 3 heteroatoms. The molecule has 3 nitrogen and oxygen atoms in total. The fourth-order valence-electron chi connectivity index (χ4n) is 2.36. The molecule has 0 aromatic carbocycles. The number of carbonyl (C=O) groups excluding carboxylic acids is 1. The zero-order valence-electron chi connectivity index (χ0n) is 11.5. The van der Waals surface area contributed by atoms with Gasteiger partial charge in [0.1, 0.15) is 0 Å². The van der Waals surface area contributed by atoms with Crippen molar-refractivity contribution in [2.45, 2.75) is 52.9 Å². The number of rotatable bonds is 4. The summed E-state index contributed by atoms with van der Waals surface area (Å²) < 4.78 is 5.40. The fourth-order valence-corrected chi connectivity index (χ4v) is 2.36. The zero-order chi connectivity index (χ0) is 12.9. The van der Waals surface area contributed by atoms with E-state index in [-0.39, 0.29) is 17.3 Å². The van der Waals surface area contributed by atoms with Crippen molar-refractivity contribution in [3.63, 3.8) is 0 Å². The van der Waals surface area contributed by atoms with E-state index >= 15 is 0 Å². The summed E-state index contributed by atoms with van der Waals surface area (Å²) in [4.78, 5) is 12.0. The number of hydrogen-bond acceptors (Lipinski definition) is 3. The van der Waals surface area contributed by atoms with Crippen LogP contribution in [0.5, 0.6) is 0 Å². The molecule has 2 N–H and O–H groups in total. The average molecular weight is 241 g/mol. The van der Waals surface area contributed by atoms with E-state index in [1.165, 1.54) is 6.42 Å². The Balaban J connectivity index is 2.35. The van der Waals surface area contributed by atoms with Gasteiger partial charge < -0.3 is 10.5 Å². The smallest absolute Gasteiger partial charge is 0.309 e. The Kier molecular flexibility index (Phi) is 5.44. The molecule has 17 heavy (non-hydrogen) atoms. The van der Waals surface area contributed by atoms with Crippen LogP contribution in [0.4, 0.5) is 0 Å². The Labute approximate surface area is 105 Å². The van der Waals surface area contributed by atoms with Crippen molar-refractivity contribution < 1.29 is 9.53 Å². The topological polar surface area (TPSA) is 52.3 Å². The summed E-state index contributed by atoms with van der Waals surface area (Å²) in [6, 6.07) is 0. The van der Waals surface area contributed by atoms with Gasteiger partial charge in [-0.3, -0.25) is 4.79 Å². The van der Waals surface area contributed by atoms with E-state index in [2.05, 4.69) is 20.8 Å². The highest BCUT2D eigenvalue weighted by Crippen LogP contribution is 2.30. The summed E-state index contributed by atoms with van der Waals surface area (Å²) in [6.07, 6.45) is 5.29. The van der Waals surface area contributed by atoms with Gasteiger partial charge in [-0.2, -0.15) is 0 Å². The summed E-state index contributed by atoms with van der Waals surface area (Å²) in [5.74, 6) is 0.365. The summed E-state index contributed by atoms with van der Waals surface area (Å²) in [5.41, 5.74) is 5.94. The third kappa shape index (κ3) is 5.07. The third-order valence-electron chi connectivity index (χ3n) is 3.61. The monoisotopic (exact) mass is 241 g/mol. The second kappa shape index (κ2) is 6.39. The lowest BCUT2D eigenvalue weighted by molar-refractivity contribution is -0.152. The number of hydrogen-bond donors (Lipinski definition) is 1. The highest BCUT2D eigenvalue weighted by molar-refractivity contribution is 5.72. The largest absolute Gasteiger partial charge is 0.465 e. The SMILES string of the molecule is CC(C)(C)CCOC(=O)C1CCCCC1CN. The first-order valence-electron chi connectivity index (χ1n) is 6.81. The van der Waals surface area contributed by atoms with Crippen LogP contribution in [-0.4, -0.2) is 19.1 Å². The lowest BCUT2D eigenvalue weighted by Gasteiger charge is -2.29. The minimum absolute atomic E-state index is 0.0237. The van der Waals surface area contributed by atoms with E-state index in [9.17, 15) is 4.79 Å². The van der Waals surface area contributed by atoms with Gasteiger partial charge in [0.25, 0.3) is 0 Å². The van der Waals surface area contributed by atoms with Gasteiger partial charge in [-0.1, -0.05) is 33.6 Å².